The molecule has 150 valence electrons. The van der Waals surface area contributed by atoms with E-state index >= 15 is 0 Å². The van der Waals surface area contributed by atoms with Crippen LogP contribution in [0.25, 0.3) is 0 Å². The quantitative estimate of drug-likeness (QED) is 0.800. The van der Waals surface area contributed by atoms with Gasteiger partial charge < -0.3 is 9.80 Å². The molecule has 0 radical (unpaired) electrons. The van der Waals surface area contributed by atoms with Gasteiger partial charge in [-0.25, -0.2) is 0 Å². The van der Waals surface area contributed by atoms with Crippen molar-refractivity contribution in [1.82, 2.24) is 9.80 Å². The predicted molar refractivity (Wildman–Crippen MR) is 99.7 cm³/mol. The molecule has 2 aliphatic rings. The van der Waals surface area contributed by atoms with Crippen LogP contribution in [0, 0.1) is 5.92 Å². The summed E-state index contributed by atoms with van der Waals surface area (Å²) < 4.78 is 38.8. The van der Waals surface area contributed by atoms with Crippen LogP contribution in [0.15, 0.2) is 24.3 Å². The third-order valence-electron chi connectivity index (χ3n) is 5.57. The van der Waals surface area contributed by atoms with Gasteiger partial charge in [-0.05, 0) is 31.0 Å². The summed E-state index contributed by atoms with van der Waals surface area (Å²) in [6.45, 7) is 8.49. The molecule has 3 rings (SSSR count). The first-order chi connectivity index (χ1) is 12.8. The van der Waals surface area contributed by atoms with Crippen molar-refractivity contribution in [3.05, 3.63) is 29.8 Å². The van der Waals surface area contributed by atoms with Crippen molar-refractivity contribution in [3.63, 3.8) is 0 Å². The molecule has 2 fully saturated rings. The number of alkyl halides is 3. The number of likely N-dealkylation sites (tertiary alicyclic amines) is 1. The minimum Gasteiger partial charge on any atom is -0.369 e. The number of piperidine rings is 1. The summed E-state index contributed by atoms with van der Waals surface area (Å²) in [4.78, 5) is 18.7. The fraction of sp³-hybridized carbons (Fsp3) is 0.650. The van der Waals surface area contributed by atoms with Crippen LogP contribution in [-0.4, -0.2) is 61.0 Å². The Morgan fingerprint density at radius 1 is 1.11 bits per heavy atom. The molecule has 0 aromatic heterocycles. The standard InChI is InChI=1S/C20H28F3N3O/c1-15(2)19(27)26-8-4-7-18(14-26)25-11-9-24(10-12-25)17-6-3-5-16(13-17)20(21,22)23/h3,5-6,13,15,18H,4,7-12,14H2,1-2H3. The number of rotatable bonds is 3. The van der Waals surface area contributed by atoms with Crippen molar-refractivity contribution in [3.8, 4) is 0 Å². The van der Waals surface area contributed by atoms with Gasteiger partial charge in [0.15, 0.2) is 0 Å². The molecule has 2 saturated heterocycles. The number of hydrogen-bond donors (Lipinski definition) is 0. The van der Waals surface area contributed by atoms with Crippen LogP contribution in [0.3, 0.4) is 0 Å². The highest BCUT2D eigenvalue weighted by molar-refractivity contribution is 5.78. The van der Waals surface area contributed by atoms with Gasteiger partial charge in [0.2, 0.25) is 5.91 Å². The number of carbonyl (C=O) groups is 1. The van der Waals surface area contributed by atoms with Crippen molar-refractivity contribution in [2.24, 2.45) is 5.92 Å². The summed E-state index contributed by atoms with van der Waals surface area (Å²) >= 11 is 0. The fourth-order valence-electron chi connectivity index (χ4n) is 4.04. The molecule has 0 spiro atoms. The average Bonchev–Trinajstić information content (AvgIpc) is 2.67. The van der Waals surface area contributed by atoms with Crippen LogP contribution in [0.4, 0.5) is 18.9 Å². The van der Waals surface area contributed by atoms with E-state index in [9.17, 15) is 18.0 Å². The SMILES string of the molecule is CC(C)C(=O)N1CCCC(N2CCN(c3cccc(C(F)(F)F)c3)CC2)C1. The van der Waals surface area contributed by atoms with Gasteiger partial charge >= 0.3 is 6.18 Å². The van der Waals surface area contributed by atoms with E-state index in [1.54, 1.807) is 6.07 Å². The molecule has 1 aromatic rings. The molecule has 7 heteroatoms. The second kappa shape index (κ2) is 8.09. The zero-order valence-corrected chi connectivity index (χ0v) is 16.0. The Hall–Kier alpha value is -1.76. The lowest BCUT2D eigenvalue weighted by molar-refractivity contribution is -0.138. The monoisotopic (exact) mass is 383 g/mol. The number of nitrogens with zero attached hydrogens (tertiary/aromatic N) is 3. The van der Waals surface area contributed by atoms with Crippen LogP contribution >= 0.6 is 0 Å². The van der Waals surface area contributed by atoms with Gasteiger partial charge in [-0.15, -0.1) is 0 Å². The smallest absolute Gasteiger partial charge is 0.369 e. The van der Waals surface area contributed by atoms with Crippen LogP contribution in [0.5, 0.6) is 0 Å². The zero-order chi connectivity index (χ0) is 19.6. The number of piperazine rings is 1. The molecule has 1 aromatic carbocycles. The van der Waals surface area contributed by atoms with Crippen molar-refractivity contribution in [2.45, 2.75) is 38.9 Å². The molecule has 2 heterocycles. The number of amides is 1. The Bertz CT molecular complexity index is 654. The van der Waals surface area contributed by atoms with Gasteiger partial charge in [-0.1, -0.05) is 19.9 Å². The molecule has 4 nitrogen and oxygen atoms in total. The third-order valence-corrected chi connectivity index (χ3v) is 5.57. The van der Waals surface area contributed by atoms with E-state index in [-0.39, 0.29) is 11.8 Å². The highest BCUT2D eigenvalue weighted by atomic mass is 19.4. The number of anilines is 1. The lowest BCUT2D eigenvalue weighted by Gasteiger charge is -2.44. The van der Waals surface area contributed by atoms with Crippen LogP contribution in [0.2, 0.25) is 0 Å². The summed E-state index contributed by atoms with van der Waals surface area (Å²) in [7, 11) is 0. The van der Waals surface area contributed by atoms with E-state index in [1.807, 2.05) is 23.6 Å². The van der Waals surface area contributed by atoms with Crippen molar-refractivity contribution >= 4 is 11.6 Å². The molecule has 0 aliphatic carbocycles. The van der Waals surface area contributed by atoms with Crippen LogP contribution in [0.1, 0.15) is 32.3 Å². The molecular formula is C20H28F3N3O. The molecule has 0 N–H and O–H groups in total. The van der Waals surface area contributed by atoms with E-state index in [0.29, 0.717) is 24.8 Å². The maximum atomic E-state index is 12.9. The van der Waals surface area contributed by atoms with Gasteiger partial charge in [-0.2, -0.15) is 13.2 Å². The molecule has 2 aliphatic heterocycles. The summed E-state index contributed by atoms with van der Waals surface area (Å²) in [5.41, 5.74) is 0.0299. The Balaban J connectivity index is 1.58. The maximum Gasteiger partial charge on any atom is 0.416 e. The Kier molecular flexibility index (Phi) is 5.99. The van der Waals surface area contributed by atoms with Crippen LogP contribution in [-0.2, 0) is 11.0 Å². The van der Waals surface area contributed by atoms with E-state index in [1.165, 1.54) is 12.1 Å². The molecule has 0 saturated carbocycles. The van der Waals surface area contributed by atoms with Crippen molar-refractivity contribution in [1.29, 1.82) is 0 Å². The second-order valence-electron chi connectivity index (χ2n) is 7.81. The minimum absolute atomic E-state index is 0.0153. The minimum atomic E-state index is -4.31. The second-order valence-corrected chi connectivity index (χ2v) is 7.81. The normalized spacial score (nSPS) is 22.4. The Morgan fingerprint density at radius 2 is 1.81 bits per heavy atom. The molecule has 1 unspecified atom stereocenters. The van der Waals surface area contributed by atoms with Gasteiger partial charge in [0, 0.05) is 56.9 Å². The third kappa shape index (κ3) is 4.75. The lowest BCUT2D eigenvalue weighted by Crippen LogP contribution is -2.56. The molecule has 0 bridgehead atoms. The predicted octanol–water partition coefficient (Wildman–Crippen LogP) is 3.47. The topological polar surface area (TPSA) is 26.8 Å². The van der Waals surface area contributed by atoms with Gasteiger partial charge in [0.05, 0.1) is 5.56 Å². The highest BCUT2D eigenvalue weighted by Gasteiger charge is 2.33. The van der Waals surface area contributed by atoms with E-state index in [0.717, 1.165) is 45.1 Å². The van der Waals surface area contributed by atoms with Crippen molar-refractivity contribution < 1.29 is 18.0 Å². The fourth-order valence-corrected chi connectivity index (χ4v) is 4.04. The largest absolute Gasteiger partial charge is 0.416 e. The highest BCUT2D eigenvalue weighted by Crippen LogP contribution is 2.32. The number of halogens is 3. The maximum absolute atomic E-state index is 12.9. The zero-order valence-electron chi connectivity index (χ0n) is 16.0. The molecule has 1 atom stereocenters. The molecule has 1 amide bonds. The number of benzene rings is 1. The number of carbonyl (C=O) groups excluding carboxylic acids is 1. The van der Waals surface area contributed by atoms with E-state index in [4.69, 9.17) is 0 Å². The van der Waals surface area contributed by atoms with Gasteiger partial charge in [0.1, 0.15) is 0 Å². The first kappa shape index (κ1) is 20.0. The van der Waals surface area contributed by atoms with Crippen molar-refractivity contribution in [2.75, 3.05) is 44.2 Å². The summed E-state index contributed by atoms with van der Waals surface area (Å²) in [6.07, 6.45) is -2.23. The summed E-state index contributed by atoms with van der Waals surface area (Å²) in [5.74, 6) is 0.226. The van der Waals surface area contributed by atoms with Gasteiger partial charge in [-0.3, -0.25) is 9.69 Å². The lowest BCUT2D eigenvalue weighted by atomic mass is 10.0. The molecular weight excluding hydrogens is 355 g/mol. The van der Waals surface area contributed by atoms with Gasteiger partial charge in [0.25, 0.3) is 0 Å². The first-order valence-electron chi connectivity index (χ1n) is 9.71. The van der Waals surface area contributed by atoms with E-state index < -0.39 is 11.7 Å². The Labute approximate surface area is 158 Å². The average molecular weight is 383 g/mol. The molecule has 27 heavy (non-hydrogen) atoms. The first-order valence-corrected chi connectivity index (χ1v) is 9.71. The Morgan fingerprint density at radius 3 is 2.44 bits per heavy atom. The van der Waals surface area contributed by atoms with E-state index in [2.05, 4.69) is 4.90 Å². The summed E-state index contributed by atoms with van der Waals surface area (Å²) in [5, 5.41) is 0. The summed E-state index contributed by atoms with van der Waals surface area (Å²) in [6, 6.07) is 5.92. The van der Waals surface area contributed by atoms with Crippen LogP contribution < -0.4 is 4.90 Å². The number of hydrogen-bond acceptors (Lipinski definition) is 3.